The third-order valence-corrected chi connectivity index (χ3v) is 4.76. The minimum absolute atomic E-state index is 0.243. The molecule has 1 heteroatoms. The molecule has 0 bridgehead atoms. The van der Waals surface area contributed by atoms with E-state index in [9.17, 15) is 0 Å². The third kappa shape index (κ3) is 3.39. The zero-order valence-corrected chi connectivity index (χ0v) is 12.8. The Kier molecular flexibility index (Phi) is 4.35. The molecule has 0 amide bonds. The van der Waals surface area contributed by atoms with Crippen molar-refractivity contribution < 1.29 is 0 Å². The molecule has 2 N–H and O–H groups in total. The van der Waals surface area contributed by atoms with Crippen LogP contribution in [-0.2, 0) is 5.41 Å². The second-order valence-corrected chi connectivity index (χ2v) is 7.44. The standard InChI is InChI=1S/C18H29N/c1-17(2,3)14-11-16(19)18(12-7-8-13-18)15-9-5-4-6-10-15/h4-6,9-10,16H,7-8,11-14,19H2,1-3H3. The molecule has 1 aliphatic carbocycles. The average Bonchev–Trinajstić information content (AvgIpc) is 2.87. The lowest BCUT2D eigenvalue weighted by Gasteiger charge is -2.37. The van der Waals surface area contributed by atoms with Crippen molar-refractivity contribution in [2.24, 2.45) is 11.1 Å². The normalized spacial score (nSPS) is 20.4. The predicted molar refractivity (Wildman–Crippen MR) is 83.3 cm³/mol. The zero-order valence-electron chi connectivity index (χ0n) is 12.8. The molecule has 1 fully saturated rings. The van der Waals surface area contributed by atoms with Gasteiger partial charge in [-0.3, -0.25) is 0 Å². The molecule has 1 nitrogen and oxygen atoms in total. The maximum atomic E-state index is 6.65. The first-order chi connectivity index (χ1) is 8.94. The summed E-state index contributed by atoms with van der Waals surface area (Å²) >= 11 is 0. The Hall–Kier alpha value is -0.820. The summed E-state index contributed by atoms with van der Waals surface area (Å²) in [5, 5.41) is 0. The Bertz CT molecular complexity index is 382. The van der Waals surface area contributed by atoms with Crippen LogP contribution in [0.15, 0.2) is 30.3 Å². The molecule has 0 aromatic heterocycles. The van der Waals surface area contributed by atoms with Gasteiger partial charge < -0.3 is 5.73 Å². The van der Waals surface area contributed by atoms with E-state index < -0.39 is 0 Å². The van der Waals surface area contributed by atoms with Crippen molar-refractivity contribution in [2.45, 2.75) is 70.8 Å². The van der Waals surface area contributed by atoms with Gasteiger partial charge in [0.25, 0.3) is 0 Å². The molecule has 1 saturated carbocycles. The van der Waals surface area contributed by atoms with Gasteiger partial charge in [-0.1, -0.05) is 63.9 Å². The third-order valence-electron chi connectivity index (χ3n) is 4.76. The monoisotopic (exact) mass is 259 g/mol. The Balaban J connectivity index is 2.16. The van der Waals surface area contributed by atoms with Crippen molar-refractivity contribution in [2.75, 3.05) is 0 Å². The molecule has 0 saturated heterocycles. The first kappa shape index (κ1) is 14.6. The molecule has 2 rings (SSSR count). The fourth-order valence-electron chi connectivity index (χ4n) is 3.51. The smallest absolute Gasteiger partial charge is 0.0136 e. The van der Waals surface area contributed by atoms with E-state index in [0.29, 0.717) is 11.5 Å². The molecule has 0 aliphatic heterocycles. The highest BCUT2D eigenvalue weighted by Gasteiger charge is 2.40. The van der Waals surface area contributed by atoms with Crippen LogP contribution in [-0.4, -0.2) is 6.04 Å². The van der Waals surface area contributed by atoms with Gasteiger partial charge in [-0.25, -0.2) is 0 Å². The minimum Gasteiger partial charge on any atom is -0.327 e. The van der Waals surface area contributed by atoms with Gasteiger partial charge >= 0.3 is 0 Å². The maximum Gasteiger partial charge on any atom is 0.0136 e. The Morgan fingerprint density at radius 2 is 1.68 bits per heavy atom. The van der Waals surface area contributed by atoms with E-state index >= 15 is 0 Å². The summed E-state index contributed by atoms with van der Waals surface area (Å²) in [6.45, 7) is 6.93. The number of benzene rings is 1. The highest BCUT2D eigenvalue weighted by atomic mass is 14.7. The van der Waals surface area contributed by atoms with Crippen LogP contribution in [0, 0.1) is 5.41 Å². The van der Waals surface area contributed by atoms with Gasteiger partial charge in [0, 0.05) is 11.5 Å². The fourth-order valence-corrected chi connectivity index (χ4v) is 3.51. The zero-order chi connectivity index (χ0) is 13.9. The van der Waals surface area contributed by atoms with Crippen LogP contribution >= 0.6 is 0 Å². The molecule has 1 aliphatic rings. The summed E-state index contributed by atoms with van der Waals surface area (Å²) in [6.07, 6.45) is 7.54. The second-order valence-electron chi connectivity index (χ2n) is 7.44. The topological polar surface area (TPSA) is 26.0 Å². The lowest BCUT2D eigenvalue weighted by molar-refractivity contribution is 0.279. The quantitative estimate of drug-likeness (QED) is 0.836. The van der Waals surface area contributed by atoms with Crippen molar-refractivity contribution in [3.8, 4) is 0 Å². The summed E-state index contributed by atoms with van der Waals surface area (Å²) in [7, 11) is 0. The molecule has 0 radical (unpaired) electrons. The summed E-state index contributed by atoms with van der Waals surface area (Å²) < 4.78 is 0. The van der Waals surface area contributed by atoms with Gasteiger partial charge in [-0.05, 0) is 36.7 Å². The van der Waals surface area contributed by atoms with Gasteiger partial charge in [0.2, 0.25) is 0 Å². The predicted octanol–water partition coefficient (Wildman–Crippen LogP) is 4.65. The molecule has 1 aromatic rings. The van der Waals surface area contributed by atoms with E-state index in [2.05, 4.69) is 51.1 Å². The van der Waals surface area contributed by atoms with Crippen molar-refractivity contribution in [1.29, 1.82) is 0 Å². The van der Waals surface area contributed by atoms with E-state index in [4.69, 9.17) is 5.73 Å². The molecule has 1 aromatic carbocycles. The van der Waals surface area contributed by atoms with Gasteiger partial charge in [0.05, 0.1) is 0 Å². The largest absolute Gasteiger partial charge is 0.327 e. The van der Waals surface area contributed by atoms with Gasteiger partial charge in [-0.15, -0.1) is 0 Å². The second kappa shape index (κ2) is 5.66. The minimum atomic E-state index is 0.243. The molecular formula is C18H29N. The van der Waals surface area contributed by atoms with Crippen molar-refractivity contribution >= 4 is 0 Å². The van der Waals surface area contributed by atoms with Gasteiger partial charge in [0.1, 0.15) is 0 Å². The van der Waals surface area contributed by atoms with Gasteiger partial charge in [-0.2, -0.15) is 0 Å². The van der Waals surface area contributed by atoms with Crippen molar-refractivity contribution in [3.05, 3.63) is 35.9 Å². The maximum absolute atomic E-state index is 6.65. The van der Waals surface area contributed by atoms with Crippen LogP contribution in [0.5, 0.6) is 0 Å². The van der Waals surface area contributed by atoms with Crippen LogP contribution in [0.25, 0.3) is 0 Å². The van der Waals surface area contributed by atoms with E-state index in [-0.39, 0.29) is 5.41 Å². The number of rotatable bonds is 4. The molecule has 1 unspecified atom stereocenters. The molecular weight excluding hydrogens is 230 g/mol. The number of hydrogen-bond acceptors (Lipinski definition) is 1. The molecule has 106 valence electrons. The van der Waals surface area contributed by atoms with Crippen LogP contribution in [0.4, 0.5) is 0 Å². The van der Waals surface area contributed by atoms with Crippen LogP contribution < -0.4 is 5.73 Å². The van der Waals surface area contributed by atoms with Crippen molar-refractivity contribution in [1.82, 2.24) is 0 Å². The Labute approximate surface area is 118 Å². The first-order valence-corrected chi connectivity index (χ1v) is 7.75. The van der Waals surface area contributed by atoms with Crippen LogP contribution in [0.2, 0.25) is 0 Å². The highest BCUT2D eigenvalue weighted by Crippen LogP contribution is 2.44. The van der Waals surface area contributed by atoms with Crippen LogP contribution in [0.1, 0.15) is 64.9 Å². The average molecular weight is 259 g/mol. The number of nitrogens with two attached hydrogens (primary N) is 1. The summed E-state index contributed by atoms with van der Waals surface area (Å²) in [6, 6.07) is 11.3. The number of hydrogen-bond donors (Lipinski definition) is 1. The molecule has 1 atom stereocenters. The lowest BCUT2D eigenvalue weighted by atomic mass is 9.70. The van der Waals surface area contributed by atoms with E-state index in [1.807, 2.05) is 0 Å². The van der Waals surface area contributed by atoms with E-state index in [0.717, 1.165) is 6.42 Å². The fraction of sp³-hybridized carbons (Fsp3) is 0.667. The van der Waals surface area contributed by atoms with E-state index in [1.54, 1.807) is 0 Å². The van der Waals surface area contributed by atoms with Crippen molar-refractivity contribution in [3.63, 3.8) is 0 Å². The Morgan fingerprint density at radius 1 is 1.11 bits per heavy atom. The molecule has 0 heterocycles. The first-order valence-electron chi connectivity index (χ1n) is 7.75. The summed E-state index contributed by atoms with van der Waals surface area (Å²) in [5.74, 6) is 0. The highest BCUT2D eigenvalue weighted by molar-refractivity contribution is 5.29. The van der Waals surface area contributed by atoms with Crippen LogP contribution in [0.3, 0.4) is 0 Å². The molecule has 0 spiro atoms. The SMILES string of the molecule is CC(C)(C)CCC(N)C1(c2ccccc2)CCCC1. The molecule has 19 heavy (non-hydrogen) atoms. The van der Waals surface area contributed by atoms with Gasteiger partial charge in [0.15, 0.2) is 0 Å². The summed E-state index contributed by atoms with van der Waals surface area (Å²) in [5.41, 5.74) is 8.75. The lowest BCUT2D eigenvalue weighted by Crippen LogP contribution is -2.44. The summed E-state index contributed by atoms with van der Waals surface area (Å²) in [4.78, 5) is 0. The Morgan fingerprint density at radius 3 is 2.21 bits per heavy atom. The van der Waals surface area contributed by atoms with E-state index in [1.165, 1.54) is 37.7 Å².